The number of nitrogen functional groups attached to an aromatic ring is 1. The molecule has 0 spiro atoms. The summed E-state index contributed by atoms with van der Waals surface area (Å²) in [6.07, 6.45) is 0. The van der Waals surface area contributed by atoms with Gasteiger partial charge in [0.15, 0.2) is 20.7 Å². The van der Waals surface area contributed by atoms with E-state index in [4.69, 9.17) is 5.73 Å². The first-order valence-electron chi connectivity index (χ1n) is 9.54. The van der Waals surface area contributed by atoms with E-state index in [1.54, 1.807) is 0 Å². The molecule has 184 valence electrons. The standard InChI is InChI=1S/C17H20N6O8S3/c1-7(24)19-2-3-34(30,31)6-8-4-32-15-11(14(26)23(15)12(8)16(27)28)21-13(25)10(22-29)9-5-33-17(18)20-9/h5,11,15,29H,2-4,6H2,1H3,(H2,18,20)(H,19,24)(H,21,25)(H,27,28)/b22-10-/t11?,15-/m1/s1. The van der Waals surface area contributed by atoms with Gasteiger partial charge >= 0.3 is 5.97 Å². The second-order valence-electron chi connectivity index (χ2n) is 7.21. The average Bonchev–Trinajstić information content (AvgIpc) is 3.17. The largest absolute Gasteiger partial charge is 0.477 e. The SMILES string of the molecule is CC(=O)NCCS(=O)(=O)CC1=C(C(=O)O)N2C(=O)C(NC(=O)/C(=N\O)c3csc(N)n3)[C@H]2SC1. The van der Waals surface area contributed by atoms with Crippen LogP contribution in [0, 0.1) is 0 Å². The van der Waals surface area contributed by atoms with Crippen LogP contribution in [0.1, 0.15) is 12.6 Å². The van der Waals surface area contributed by atoms with Crippen LogP contribution in [-0.4, -0.2) is 93.2 Å². The van der Waals surface area contributed by atoms with Gasteiger partial charge in [-0.2, -0.15) is 0 Å². The first-order valence-corrected chi connectivity index (χ1v) is 13.3. The van der Waals surface area contributed by atoms with Crippen LogP contribution in [-0.2, 0) is 29.0 Å². The summed E-state index contributed by atoms with van der Waals surface area (Å²) in [5.41, 5.74) is 4.62. The van der Waals surface area contributed by atoms with Crippen LogP contribution in [0.3, 0.4) is 0 Å². The van der Waals surface area contributed by atoms with Crippen LogP contribution in [0.4, 0.5) is 5.13 Å². The van der Waals surface area contributed by atoms with E-state index < -0.39 is 67.9 Å². The Bertz CT molecular complexity index is 1210. The maximum absolute atomic E-state index is 12.7. The van der Waals surface area contributed by atoms with Crippen molar-refractivity contribution in [2.75, 3.05) is 29.5 Å². The quantitative estimate of drug-likeness (QED) is 0.103. The van der Waals surface area contributed by atoms with Crippen molar-refractivity contribution in [2.24, 2.45) is 5.16 Å². The molecule has 0 radical (unpaired) electrons. The van der Waals surface area contributed by atoms with Crippen molar-refractivity contribution in [2.45, 2.75) is 18.3 Å². The van der Waals surface area contributed by atoms with Crippen molar-refractivity contribution < 1.29 is 37.9 Å². The number of sulfone groups is 1. The Morgan fingerprint density at radius 2 is 2.09 bits per heavy atom. The van der Waals surface area contributed by atoms with Gasteiger partial charge in [-0.15, -0.1) is 23.1 Å². The van der Waals surface area contributed by atoms with E-state index in [0.29, 0.717) is 0 Å². The summed E-state index contributed by atoms with van der Waals surface area (Å²) >= 11 is 2.10. The summed E-state index contributed by atoms with van der Waals surface area (Å²) < 4.78 is 24.8. The number of anilines is 1. The minimum absolute atomic E-state index is 0.000280. The number of hydrogen-bond acceptors (Lipinski definition) is 12. The Labute approximate surface area is 201 Å². The molecule has 0 aliphatic carbocycles. The predicted octanol–water partition coefficient (Wildman–Crippen LogP) is -1.81. The molecule has 3 rings (SSSR count). The monoisotopic (exact) mass is 532 g/mol. The second kappa shape index (κ2) is 9.98. The molecule has 0 aromatic carbocycles. The van der Waals surface area contributed by atoms with Gasteiger partial charge in [0.1, 0.15) is 22.8 Å². The number of carboxylic acid groups (broad SMARTS) is 1. The van der Waals surface area contributed by atoms with Gasteiger partial charge in [0.05, 0.1) is 11.5 Å². The smallest absolute Gasteiger partial charge is 0.352 e. The Balaban J connectivity index is 1.74. The van der Waals surface area contributed by atoms with Gasteiger partial charge in [0.2, 0.25) is 5.91 Å². The molecule has 3 heterocycles. The van der Waals surface area contributed by atoms with Crippen LogP contribution in [0.5, 0.6) is 0 Å². The zero-order valence-electron chi connectivity index (χ0n) is 17.5. The van der Waals surface area contributed by atoms with Crippen molar-refractivity contribution in [3.8, 4) is 0 Å². The van der Waals surface area contributed by atoms with E-state index in [-0.39, 0.29) is 28.7 Å². The molecule has 1 saturated heterocycles. The third-order valence-electron chi connectivity index (χ3n) is 4.80. The number of amides is 3. The molecule has 2 aliphatic heterocycles. The van der Waals surface area contributed by atoms with Gasteiger partial charge in [-0.1, -0.05) is 5.16 Å². The van der Waals surface area contributed by atoms with E-state index in [2.05, 4.69) is 20.8 Å². The number of aliphatic carboxylic acids is 1. The average molecular weight is 533 g/mol. The minimum atomic E-state index is -3.77. The molecule has 0 bridgehead atoms. The molecule has 1 aromatic heterocycles. The zero-order chi connectivity index (χ0) is 25.2. The van der Waals surface area contributed by atoms with Crippen LogP contribution in [0.2, 0.25) is 0 Å². The number of rotatable bonds is 9. The number of hydrogen-bond donors (Lipinski definition) is 5. The number of thioether (sulfide) groups is 1. The zero-order valence-corrected chi connectivity index (χ0v) is 20.0. The van der Waals surface area contributed by atoms with E-state index >= 15 is 0 Å². The van der Waals surface area contributed by atoms with E-state index in [1.807, 2.05) is 0 Å². The molecule has 1 unspecified atom stereocenters. The minimum Gasteiger partial charge on any atom is -0.477 e. The molecule has 34 heavy (non-hydrogen) atoms. The highest BCUT2D eigenvalue weighted by molar-refractivity contribution is 8.00. The number of fused-ring (bicyclic) bond motifs is 1. The number of carboxylic acids is 1. The Kier molecular flexibility index (Phi) is 7.47. The van der Waals surface area contributed by atoms with Crippen LogP contribution in [0.15, 0.2) is 21.8 Å². The molecule has 2 aliphatic rings. The summed E-state index contributed by atoms with van der Waals surface area (Å²) in [5, 5.41) is 27.2. The molecule has 1 aromatic rings. The lowest BCUT2D eigenvalue weighted by Gasteiger charge is -2.49. The molecule has 1 fully saturated rings. The number of thiazole rings is 1. The first-order chi connectivity index (χ1) is 15.9. The highest BCUT2D eigenvalue weighted by Crippen LogP contribution is 2.40. The number of carbonyl (C=O) groups excluding carboxylic acids is 3. The lowest BCUT2D eigenvalue weighted by molar-refractivity contribution is -0.150. The maximum Gasteiger partial charge on any atom is 0.352 e. The summed E-state index contributed by atoms with van der Waals surface area (Å²) in [5.74, 6) is -4.56. The van der Waals surface area contributed by atoms with Crippen molar-refractivity contribution in [1.29, 1.82) is 0 Å². The fourth-order valence-electron chi connectivity index (χ4n) is 3.33. The Morgan fingerprint density at radius 3 is 2.65 bits per heavy atom. The Morgan fingerprint density at radius 1 is 1.38 bits per heavy atom. The van der Waals surface area contributed by atoms with Crippen molar-refractivity contribution in [3.63, 3.8) is 0 Å². The fourth-order valence-corrected chi connectivity index (χ4v) is 6.68. The van der Waals surface area contributed by atoms with Crippen LogP contribution >= 0.6 is 23.1 Å². The normalized spacial score (nSPS) is 20.4. The highest BCUT2D eigenvalue weighted by Gasteiger charge is 2.54. The molecular weight excluding hydrogens is 512 g/mol. The second-order valence-corrected chi connectivity index (χ2v) is 11.4. The summed E-state index contributed by atoms with van der Waals surface area (Å²) in [7, 11) is -3.77. The van der Waals surface area contributed by atoms with Gasteiger partial charge < -0.3 is 26.7 Å². The van der Waals surface area contributed by atoms with Crippen LogP contribution in [0.25, 0.3) is 0 Å². The lowest BCUT2D eigenvalue weighted by atomic mass is 10.0. The third-order valence-corrected chi connectivity index (χ3v) is 8.43. The van der Waals surface area contributed by atoms with Crippen molar-refractivity contribution >= 4 is 67.5 Å². The topological polar surface area (TPSA) is 221 Å². The number of oxime groups is 1. The van der Waals surface area contributed by atoms with E-state index in [9.17, 15) is 37.9 Å². The van der Waals surface area contributed by atoms with Crippen molar-refractivity contribution in [1.82, 2.24) is 20.5 Å². The first kappa shape index (κ1) is 25.4. The molecular formula is C17H20N6O8S3. The number of nitrogens with one attached hydrogen (secondary N) is 2. The molecule has 14 nitrogen and oxygen atoms in total. The fraction of sp³-hybridized carbons (Fsp3) is 0.412. The van der Waals surface area contributed by atoms with E-state index in [0.717, 1.165) is 28.0 Å². The van der Waals surface area contributed by atoms with E-state index in [1.165, 1.54) is 12.3 Å². The van der Waals surface area contributed by atoms with Gasteiger partial charge in [-0.25, -0.2) is 18.2 Å². The molecule has 3 amide bonds. The molecule has 17 heteroatoms. The number of nitrogens with two attached hydrogens (primary N) is 1. The summed E-state index contributed by atoms with van der Waals surface area (Å²) in [6, 6.07) is -1.13. The molecule has 2 atom stereocenters. The van der Waals surface area contributed by atoms with Gasteiger partial charge in [0, 0.05) is 24.6 Å². The summed E-state index contributed by atoms with van der Waals surface area (Å²) in [6.45, 7) is 1.11. The molecule has 0 saturated carbocycles. The third kappa shape index (κ3) is 5.31. The molecule has 6 N–H and O–H groups in total. The number of aromatic nitrogens is 1. The summed E-state index contributed by atoms with van der Waals surface area (Å²) in [4.78, 5) is 52.8. The van der Waals surface area contributed by atoms with Gasteiger partial charge in [0.25, 0.3) is 11.8 Å². The Hall–Kier alpha value is -3.18. The highest BCUT2D eigenvalue weighted by atomic mass is 32.2. The number of nitrogens with zero attached hydrogens (tertiary/aromatic N) is 3. The predicted molar refractivity (Wildman–Crippen MR) is 122 cm³/mol. The number of carbonyl (C=O) groups is 4. The lowest BCUT2D eigenvalue weighted by Crippen LogP contribution is -2.71. The van der Waals surface area contributed by atoms with Gasteiger partial charge in [-0.3, -0.25) is 19.3 Å². The van der Waals surface area contributed by atoms with Crippen molar-refractivity contribution in [3.05, 3.63) is 22.3 Å². The maximum atomic E-state index is 12.7. The van der Waals surface area contributed by atoms with Gasteiger partial charge in [-0.05, 0) is 5.57 Å². The van der Waals surface area contributed by atoms with Crippen LogP contribution < -0.4 is 16.4 Å². The number of β-lactam (4-membered cyclic amide) rings is 1.